The van der Waals surface area contributed by atoms with Gasteiger partial charge in [0.2, 0.25) is 5.91 Å². The molecule has 2 unspecified atom stereocenters. The Morgan fingerprint density at radius 3 is 2.96 bits per heavy atom. The quantitative estimate of drug-likeness (QED) is 0.572. The van der Waals surface area contributed by atoms with Crippen molar-refractivity contribution in [3.63, 3.8) is 0 Å². The fourth-order valence-electron chi connectivity index (χ4n) is 3.30. The first-order chi connectivity index (χ1) is 12.0. The molecule has 0 saturated carbocycles. The molecule has 140 valence electrons. The van der Waals surface area contributed by atoms with Crippen LogP contribution in [0.5, 0.6) is 0 Å². The van der Waals surface area contributed by atoms with E-state index in [9.17, 15) is 4.79 Å². The number of guanidine groups is 1. The molecule has 7 heteroatoms. The molecule has 3 N–H and O–H groups in total. The molecule has 1 aliphatic rings. The molecule has 1 saturated heterocycles. The molecule has 0 aliphatic carbocycles. The first-order valence-corrected chi connectivity index (χ1v) is 9.90. The lowest BCUT2D eigenvalue weighted by atomic mass is 9.95. The van der Waals surface area contributed by atoms with Gasteiger partial charge in [0, 0.05) is 30.9 Å². The van der Waals surface area contributed by atoms with Crippen LogP contribution in [0.4, 0.5) is 0 Å². The van der Waals surface area contributed by atoms with Gasteiger partial charge in [-0.1, -0.05) is 6.07 Å². The van der Waals surface area contributed by atoms with Crippen molar-refractivity contribution in [2.75, 3.05) is 40.3 Å². The van der Waals surface area contributed by atoms with Crippen LogP contribution in [0.25, 0.3) is 0 Å². The van der Waals surface area contributed by atoms with Gasteiger partial charge in [-0.2, -0.15) is 0 Å². The van der Waals surface area contributed by atoms with Crippen LogP contribution >= 0.6 is 11.3 Å². The summed E-state index contributed by atoms with van der Waals surface area (Å²) in [6, 6.07) is 4.53. The van der Waals surface area contributed by atoms with Gasteiger partial charge in [-0.15, -0.1) is 11.3 Å². The predicted octanol–water partition coefficient (Wildman–Crippen LogP) is 1.90. The minimum absolute atomic E-state index is 0.209. The van der Waals surface area contributed by atoms with Gasteiger partial charge < -0.3 is 20.9 Å². The standard InChI is InChI=1S/C18H31N5OS/c1-4-20-18(23-9-5-7-14(13-23)11-17(19)24)21-12-15(22(2)3)16-8-6-10-25-16/h6,8,10,14-15H,4-5,7,9,11-13H2,1-3H3,(H2,19,24)(H,20,21). The van der Waals surface area contributed by atoms with Crippen LogP contribution in [0.2, 0.25) is 0 Å². The lowest BCUT2D eigenvalue weighted by Crippen LogP contribution is -2.47. The number of hydrogen-bond acceptors (Lipinski definition) is 4. The van der Waals surface area contributed by atoms with Crippen molar-refractivity contribution < 1.29 is 4.79 Å². The molecule has 1 aromatic heterocycles. The molecule has 2 rings (SSSR count). The predicted molar refractivity (Wildman–Crippen MR) is 105 cm³/mol. The van der Waals surface area contributed by atoms with E-state index in [1.54, 1.807) is 11.3 Å². The molecule has 2 atom stereocenters. The number of likely N-dealkylation sites (tertiary alicyclic amines) is 1. The van der Waals surface area contributed by atoms with Crippen LogP contribution in [0, 0.1) is 5.92 Å². The molecular formula is C18H31N5OS. The average molecular weight is 366 g/mol. The van der Waals surface area contributed by atoms with E-state index in [4.69, 9.17) is 10.7 Å². The van der Waals surface area contributed by atoms with Crippen molar-refractivity contribution >= 4 is 23.2 Å². The van der Waals surface area contributed by atoms with Crippen LogP contribution in [-0.4, -0.2) is 61.9 Å². The number of primary amides is 1. The fourth-order valence-corrected chi connectivity index (χ4v) is 4.21. The molecular weight excluding hydrogens is 334 g/mol. The van der Waals surface area contributed by atoms with Gasteiger partial charge in [-0.3, -0.25) is 9.79 Å². The second-order valence-corrected chi connectivity index (χ2v) is 7.79. The summed E-state index contributed by atoms with van der Waals surface area (Å²) in [7, 11) is 4.19. The van der Waals surface area contributed by atoms with Crippen molar-refractivity contribution in [1.29, 1.82) is 0 Å². The maximum Gasteiger partial charge on any atom is 0.217 e. The second kappa shape index (κ2) is 9.77. The van der Waals surface area contributed by atoms with Crippen LogP contribution in [0.3, 0.4) is 0 Å². The molecule has 6 nitrogen and oxygen atoms in total. The van der Waals surface area contributed by atoms with E-state index < -0.39 is 0 Å². The summed E-state index contributed by atoms with van der Waals surface area (Å²) >= 11 is 1.77. The van der Waals surface area contributed by atoms with Gasteiger partial charge in [0.15, 0.2) is 5.96 Å². The topological polar surface area (TPSA) is 74.0 Å². The zero-order valence-corrected chi connectivity index (χ0v) is 16.4. The summed E-state index contributed by atoms with van der Waals surface area (Å²) in [5, 5.41) is 5.52. The zero-order chi connectivity index (χ0) is 18.2. The second-order valence-electron chi connectivity index (χ2n) is 6.81. The van der Waals surface area contributed by atoms with Crippen molar-refractivity contribution in [3.8, 4) is 0 Å². The summed E-state index contributed by atoms with van der Waals surface area (Å²) in [6.45, 7) is 5.46. The van der Waals surface area contributed by atoms with Crippen LogP contribution in [-0.2, 0) is 4.79 Å². The molecule has 0 radical (unpaired) electrons. The first kappa shape index (κ1) is 19.7. The lowest BCUT2D eigenvalue weighted by molar-refractivity contribution is -0.119. The normalized spacial score (nSPS) is 19.9. The van der Waals surface area contributed by atoms with Crippen LogP contribution in [0.1, 0.15) is 37.1 Å². The molecule has 0 spiro atoms. The smallest absolute Gasteiger partial charge is 0.217 e. The molecule has 1 fully saturated rings. The van der Waals surface area contributed by atoms with Gasteiger partial charge in [0.05, 0.1) is 12.6 Å². The number of nitrogens with zero attached hydrogens (tertiary/aromatic N) is 3. The van der Waals surface area contributed by atoms with E-state index in [1.807, 2.05) is 0 Å². The number of likely N-dealkylation sites (N-methyl/N-ethyl adjacent to an activating group) is 1. The molecule has 1 aromatic rings. The highest BCUT2D eigenvalue weighted by Crippen LogP contribution is 2.24. The van der Waals surface area contributed by atoms with E-state index in [2.05, 4.69) is 53.6 Å². The largest absolute Gasteiger partial charge is 0.370 e. The minimum atomic E-state index is -0.209. The molecule has 1 amide bonds. The Kier molecular flexibility index (Phi) is 7.71. The molecule has 25 heavy (non-hydrogen) atoms. The van der Waals surface area contributed by atoms with E-state index in [-0.39, 0.29) is 11.9 Å². The minimum Gasteiger partial charge on any atom is -0.370 e. The Morgan fingerprint density at radius 2 is 2.36 bits per heavy atom. The summed E-state index contributed by atoms with van der Waals surface area (Å²) in [6.07, 6.45) is 2.60. The number of carbonyl (C=O) groups is 1. The summed E-state index contributed by atoms with van der Waals surface area (Å²) in [5.41, 5.74) is 5.38. The first-order valence-electron chi connectivity index (χ1n) is 9.02. The number of piperidine rings is 1. The van der Waals surface area contributed by atoms with Crippen molar-refractivity contribution in [2.24, 2.45) is 16.6 Å². The summed E-state index contributed by atoms with van der Waals surface area (Å²) < 4.78 is 0. The molecule has 1 aliphatic heterocycles. The Hall–Kier alpha value is -1.60. The van der Waals surface area contributed by atoms with Crippen LogP contribution in [0.15, 0.2) is 22.5 Å². The Morgan fingerprint density at radius 1 is 1.56 bits per heavy atom. The lowest BCUT2D eigenvalue weighted by Gasteiger charge is -2.35. The average Bonchev–Trinajstić information content (AvgIpc) is 3.07. The number of rotatable bonds is 7. The van der Waals surface area contributed by atoms with E-state index in [0.29, 0.717) is 18.9 Å². The van der Waals surface area contributed by atoms with E-state index in [1.165, 1.54) is 4.88 Å². The third kappa shape index (κ3) is 6.01. The number of nitrogens with one attached hydrogen (secondary N) is 1. The van der Waals surface area contributed by atoms with Crippen molar-refractivity contribution in [2.45, 2.75) is 32.2 Å². The third-order valence-electron chi connectivity index (χ3n) is 4.55. The Labute approximate surface area is 155 Å². The van der Waals surface area contributed by atoms with Crippen molar-refractivity contribution in [3.05, 3.63) is 22.4 Å². The highest BCUT2D eigenvalue weighted by atomic mass is 32.1. The van der Waals surface area contributed by atoms with E-state index >= 15 is 0 Å². The monoisotopic (exact) mass is 365 g/mol. The maximum absolute atomic E-state index is 11.2. The van der Waals surface area contributed by atoms with Gasteiger partial charge in [0.1, 0.15) is 0 Å². The number of carbonyl (C=O) groups excluding carboxylic acids is 1. The summed E-state index contributed by atoms with van der Waals surface area (Å²) in [4.78, 5) is 22.0. The maximum atomic E-state index is 11.2. The highest BCUT2D eigenvalue weighted by Gasteiger charge is 2.24. The van der Waals surface area contributed by atoms with E-state index in [0.717, 1.165) is 38.4 Å². The molecule has 0 aromatic carbocycles. The fraction of sp³-hybridized carbons (Fsp3) is 0.667. The van der Waals surface area contributed by atoms with Crippen molar-refractivity contribution in [1.82, 2.24) is 15.1 Å². The SMILES string of the molecule is CCNC(=NCC(c1cccs1)N(C)C)N1CCCC(CC(N)=O)C1. The third-order valence-corrected chi connectivity index (χ3v) is 5.53. The Bertz CT molecular complexity index is 558. The van der Waals surface area contributed by atoms with Gasteiger partial charge in [-0.05, 0) is 51.2 Å². The highest BCUT2D eigenvalue weighted by molar-refractivity contribution is 7.10. The van der Waals surface area contributed by atoms with Gasteiger partial charge in [0.25, 0.3) is 0 Å². The van der Waals surface area contributed by atoms with Crippen LogP contribution < -0.4 is 11.1 Å². The zero-order valence-electron chi connectivity index (χ0n) is 15.6. The molecule has 2 heterocycles. The number of aliphatic imine (C=N–C) groups is 1. The number of thiophene rings is 1. The number of amides is 1. The van der Waals surface area contributed by atoms with Gasteiger partial charge >= 0.3 is 0 Å². The van der Waals surface area contributed by atoms with Gasteiger partial charge in [-0.25, -0.2) is 0 Å². The Balaban J connectivity index is 2.07. The number of hydrogen-bond donors (Lipinski definition) is 2. The number of nitrogens with two attached hydrogens (primary N) is 1. The summed E-state index contributed by atoms with van der Waals surface area (Å²) in [5.74, 6) is 1.07. The molecule has 0 bridgehead atoms.